The van der Waals surface area contributed by atoms with E-state index in [1.165, 1.54) is 10.6 Å². The fraction of sp³-hybridized carbons (Fsp3) is 0.400. The SMILES string of the molecule is CCCOCCn1c(=O)oc2ccc(-c3ccc(CC(C#N)NC(=O)C4CNC4)c(F)c3)cc21. The number of nitrogens with zero attached hydrogens (tertiary/aromatic N) is 2. The average molecular weight is 467 g/mol. The summed E-state index contributed by atoms with van der Waals surface area (Å²) in [7, 11) is 0. The first kappa shape index (κ1) is 23.7. The number of amides is 1. The molecule has 1 saturated heterocycles. The van der Waals surface area contributed by atoms with E-state index in [0.717, 1.165) is 12.0 Å². The van der Waals surface area contributed by atoms with Crippen molar-refractivity contribution in [3.63, 3.8) is 0 Å². The molecule has 1 aliphatic rings. The molecule has 0 aliphatic carbocycles. The van der Waals surface area contributed by atoms with Crippen LogP contribution in [0.4, 0.5) is 4.39 Å². The van der Waals surface area contributed by atoms with Crippen molar-refractivity contribution in [2.45, 2.75) is 32.4 Å². The van der Waals surface area contributed by atoms with Gasteiger partial charge in [0, 0.05) is 26.1 Å². The number of benzene rings is 2. The molecule has 1 atom stereocenters. The second-order valence-corrected chi connectivity index (χ2v) is 8.37. The van der Waals surface area contributed by atoms with Crippen LogP contribution in [0.3, 0.4) is 0 Å². The molecule has 34 heavy (non-hydrogen) atoms. The molecular weight excluding hydrogens is 439 g/mol. The molecule has 178 valence electrons. The van der Waals surface area contributed by atoms with Crippen LogP contribution in [0.2, 0.25) is 0 Å². The van der Waals surface area contributed by atoms with Gasteiger partial charge in [0.15, 0.2) is 5.58 Å². The lowest BCUT2D eigenvalue weighted by atomic mass is 9.98. The maximum atomic E-state index is 14.9. The Hall–Kier alpha value is -3.48. The van der Waals surface area contributed by atoms with Gasteiger partial charge in [0.05, 0.1) is 30.7 Å². The molecule has 1 aliphatic heterocycles. The van der Waals surface area contributed by atoms with E-state index in [1.807, 2.05) is 13.0 Å². The smallest absolute Gasteiger partial charge is 0.408 e. The Kier molecular flexibility index (Phi) is 7.40. The molecule has 2 N–H and O–H groups in total. The lowest BCUT2D eigenvalue weighted by Crippen LogP contribution is -2.52. The van der Waals surface area contributed by atoms with E-state index < -0.39 is 17.6 Å². The van der Waals surface area contributed by atoms with Gasteiger partial charge < -0.3 is 19.8 Å². The van der Waals surface area contributed by atoms with Crippen molar-refractivity contribution in [2.24, 2.45) is 5.92 Å². The van der Waals surface area contributed by atoms with E-state index in [1.54, 1.807) is 30.3 Å². The average Bonchev–Trinajstić information content (AvgIpc) is 3.10. The Labute approximate surface area is 196 Å². The molecule has 0 radical (unpaired) electrons. The summed E-state index contributed by atoms with van der Waals surface area (Å²) in [5.41, 5.74) is 2.77. The van der Waals surface area contributed by atoms with E-state index in [0.29, 0.717) is 55.1 Å². The maximum absolute atomic E-state index is 14.9. The Morgan fingerprint density at radius 3 is 2.74 bits per heavy atom. The number of oxazole rings is 1. The van der Waals surface area contributed by atoms with Gasteiger partial charge in [-0.3, -0.25) is 9.36 Å². The van der Waals surface area contributed by atoms with Crippen molar-refractivity contribution in [2.75, 3.05) is 26.3 Å². The van der Waals surface area contributed by atoms with Crippen LogP contribution in [-0.4, -0.2) is 42.8 Å². The Morgan fingerprint density at radius 2 is 2.06 bits per heavy atom. The zero-order chi connectivity index (χ0) is 24.1. The van der Waals surface area contributed by atoms with Crippen LogP contribution in [0.25, 0.3) is 22.2 Å². The fourth-order valence-electron chi connectivity index (χ4n) is 3.86. The summed E-state index contributed by atoms with van der Waals surface area (Å²) < 4.78 is 27.2. The minimum atomic E-state index is -0.805. The summed E-state index contributed by atoms with van der Waals surface area (Å²) in [5, 5.41) is 15.1. The summed E-state index contributed by atoms with van der Waals surface area (Å²) in [6.07, 6.45) is 0.971. The number of ether oxygens (including phenoxy) is 1. The number of fused-ring (bicyclic) bond motifs is 1. The van der Waals surface area contributed by atoms with Gasteiger partial charge in [-0.2, -0.15) is 5.26 Å². The van der Waals surface area contributed by atoms with Crippen LogP contribution in [0.1, 0.15) is 18.9 Å². The van der Waals surface area contributed by atoms with Gasteiger partial charge in [-0.05, 0) is 41.3 Å². The topological polar surface area (TPSA) is 109 Å². The summed E-state index contributed by atoms with van der Waals surface area (Å²) in [5.74, 6) is -1.26. The molecule has 1 amide bonds. The van der Waals surface area contributed by atoms with Gasteiger partial charge in [0.25, 0.3) is 0 Å². The highest BCUT2D eigenvalue weighted by atomic mass is 19.1. The number of carbonyl (C=O) groups excluding carboxylic acids is 1. The molecule has 4 rings (SSSR count). The largest absolute Gasteiger partial charge is 0.420 e. The lowest BCUT2D eigenvalue weighted by molar-refractivity contribution is -0.126. The number of halogens is 1. The minimum Gasteiger partial charge on any atom is -0.408 e. The van der Waals surface area contributed by atoms with Gasteiger partial charge in [-0.15, -0.1) is 0 Å². The van der Waals surface area contributed by atoms with E-state index >= 15 is 0 Å². The van der Waals surface area contributed by atoms with Gasteiger partial charge in [0.2, 0.25) is 5.91 Å². The molecule has 9 heteroatoms. The van der Waals surface area contributed by atoms with Crippen molar-refractivity contribution in [3.8, 4) is 17.2 Å². The Bertz CT molecular complexity index is 1270. The number of nitriles is 1. The summed E-state index contributed by atoms with van der Waals surface area (Å²) >= 11 is 0. The van der Waals surface area contributed by atoms with Crippen LogP contribution < -0.4 is 16.4 Å². The second kappa shape index (κ2) is 10.6. The van der Waals surface area contributed by atoms with Crippen LogP contribution >= 0.6 is 0 Å². The van der Waals surface area contributed by atoms with Gasteiger partial charge >= 0.3 is 5.76 Å². The zero-order valence-corrected chi connectivity index (χ0v) is 19.0. The Balaban J connectivity index is 1.51. The highest BCUT2D eigenvalue weighted by Gasteiger charge is 2.27. The lowest BCUT2D eigenvalue weighted by Gasteiger charge is -2.26. The molecule has 0 spiro atoms. The van der Waals surface area contributed by atoms with Crippen LogP contribution in [0, 0.1) is 23.1 Å². The summed E-state index contributed by atoms with van der Waals surface area (Å²) in [6.45, 7) is 4.57. The predicted molar refractivity (Wildman–Crippen MR) is 125 cm³/mol. The molecule has 0 saturated carbocycles. The van der Waals surface area contributed by atoms with Gasteiger partial charge in [0.1, 0.15) is 11.9 Å². The second-order valence-electron chi connectivity index (χ2n) is 8.37. The monoisotopic (exact) mass is 466 g/mol. The summed E-state index contributed by atoms with van der Waals surface area (Å²) in [4.78, 5) is 24.4. The van der Waals surface area contributed by atoms with E-state index in [4.69, 9.17) is 9.15 Å². The quantitative estimate of drug-likeness (QED) is 0.445. The number of hydrogen-bond donors (Lipinski definition) is 2. The number of carbonyl (C=O) groups is 1. The number of rotatable bonds is 10. The molecular formula is C25H27FN4O4. The first-order chi connectivity index (χ1) is 16.5. The molecule has 1 fully saturated rings. The van der Waals surface area contributed by atoms with Crippen molar-refractivity contribution in [1.82, 2.24) is 15.2 Å². The number of nitrogens with one attached hydrogen (secondary N) is 2. The molecule has 8 nitrogen and oxygen atoms in total. The predicted octanol–water partition coefficient (Wildman–Crippen LogP) is 2.60. The molecule has 2 aromatic carbocycles. The van der Waals surface area contributed by atoms with Crippen LogP contribution in [-0.2, 0) is 22.5 Å². The Morgan fingerprint density at radius 1 is 1.29 bits per heavy atom. The van der Waals surface area contributed by atoms with Gasteiger partial charge in [-0.1, -0.05) is 25.1 Å². The zero-order valence-electron chi connectivity index (χ0n) is 19.0. The van der Waals surface area contributed by atoms with Gasteiger partial charge in [-0.25, -0.2) is 9.18 Å². The summed E-state index contributed by atoms with van der Waals surface area (Å²) in [6, 6.07) is 11.3. The highest BCUT2D eigenvalue weighted by Crippen LogP contribution is 2.26. The van der Waals surface area contributed by atoms with E-state index in [9.17, 15) is 19.2 Å². The van der Waals surface area contributed by atoms with Crippen LogP contribution in [0.15, 0.2) is 45.6 Å². The molecule has 0 bridgehead atoms. The third-order valence-electron chi connectivity index (χ3n) is 5.91. The highest BCUT2D eigenvalue weighted by molar-refractivity contribution is 5.81. The van der Waals surface area contributed by atoms with Crippen molar-refractivity contribution in [1.29, 1.82) is 5.26 Å². The molecule has 1 aromatic heterocycles. The third kappa shape index (κ3) is 5.19. The molecule has 3 aromatic rings. The maximum Gasteiger partial charge on any atom is 0.420 e. The number of aromatic nitrogens is 1. The first-order valence-electron chi connectivity index (χ1n) is 11.4. The minimum absolute atomic E-state index is 0.0760. The third-order valence-corrected chi connectivity index (χ3v) is 5.91. The van der Waals surface area contributed by atoms with Crippen molar-refractivity contribution in [3.05, 3.63) is 58.3 Å². The van der Waals surface area contributed by atoms with Crippen LogP contribution in [0.5, 0.6) is 0 Å². The first-order valence-corrected chi connectivity index (χ1v) is 11.4. The number of hydrogen-bond acceptors (Lipinski definition) is 6. The standard InChI is InChI=1S/C25H27FN4O4/c1-2-8-33-9-7-30-22-12-17(5-6-23(22)34-25(30)32)16-3-4-18(21(26)11-16)10-20(13-27)29-24(31)19-14-28-15-19/h3-6,11-12,19-20,28H,2,7-10,14-15H2,1H3,(H,29,31). The van der Waals surface area contributed by atoms with Crippen molar-refractivity contribution < 1.29 is 18.3 Å². The normalized spacial score (nSPS) is 14.5. The van der Waals surface area contributed by atoms with E-state index in [2.05, 4.69) is 10.6 Å². The molecule has 2 heterocycles. The molecule has 1 unspecified atom stereocenters. The van der Waals surface area contributed by atoms with E-state index in [-0.39, 0.29) is 18.2 Å². The fourth-order valence-corrected chi connectivity index (χ4v) is 3.86. The van der Waals surface area contributed by atoms with Crippen molar-refractivity contribution >= 4 is 17.0 Å².